The van der Waals surface area contributed by atoms with Crippen molar-refractivity contribution in [1.29, 1.82) is 0 Å². The summed E-state index contributed by atoms with van der Waals surface area (Å²) in [5.41, 5.74) is 16.3. The van der Waals surface area contributed by atoms with Gasteiger partial charge < -0.3 is 0 Å². The number of aryl methyl sites for hydroxylation is 4. The van der Waals surface area contributed by atoms with Crippen LogP contribution < -0.4 is 0 Å². The van der Waals surface area contributed by atoms with Crippen molar-refractivity contribution in [3.8, 4) is 44.5 Å². The van der Waals surface area contributed by atoms with Crippen molar-refractivity contribution in [2.24, 2.45) is 0 Å². The minimum Gasteiger partial charge on any atom is -0.165 e. The van der Waals surface area contributed by atoms with Crippen molar-refractivity contribution >= 4 is 125 Å². The van der Waals surface area contributed by atoms with E-state index in [1.165, 1.54) is 131 Å². The van der Waals surface area contributed by atoms with Crippen molar-refractivity contribution in [3.63, 3.8) is 0 Å². The summed E-state index contributed by atoms with van der Waals surface area (Å²) in [5, 5.41) is 16.0. The van der Waals surface area contributed by atoms with E-state index in [2.05, 4.69) is 321 Å². The third kappa shape index (κ3) is 17.8. The maximum absolute atomic E-state index is 2.31. The maximum Gasteiger partial charge on any atom is -0.0114 e. The summed E-state index contributed by atoms with van der Waals surface area (Å²) in [7, 11) is 0. The van der Waals surface area contributed by atoms with Gasteiger partial charge in [0.15, 0.2) is 0 Å². The Hall–Kier alpha value is -5.48. The van der Waals surface area contributed by atoms with E-state index < -0.39 is 0 Å². The van der Waals surface area contributed by atoms with Crippen LogP contribution in [-0.4, -0.2) is 10.9 Å². The van der Waals surface area contributed by atoms with E-state index in [4.69, 9.17) is 0 Å². The fraction of sp³-hybridized carbons (Fsp3) is 0.105. The predicted octanol–water partition coefficient (Wildman–Crippen LogP) is 23.7. The predicted molar refractivity (Wildman–Crippen MR) is 378 cm³/mol. The van der Waals surface area contributed by atoms with Gasteiger partial charge in [-0.2, -0.15) is 24.3 Å². The van der Waals surface area contributed by atoms with Crippen LogP contribution in [0.2, 0.25) is 26.2 Å². The van der Waals surface area contributed by atoms with Gasteiger partial charge in [-0.3, -0.25) is 0 Å². The molecule has 0 N–H and O–H groups in total. The molecule has 0 aliphatic carbocycles. The van der Waals surface area contributed by atoms with Gasteiger partial charge in [0, 0.05) is 0 Å². The van der Waals surface area contributed by atoms with Gasteiger partial charge >= 0.3 is 83.7 Å². The van der Waals surface area contributed by atoms with Crippen molar-refractivity contribution < 1.29 is 46.7 Å². The summed E-state index contributed by atoms with van der Waals surface area (Å²) >= 11 is 3.48. The van der Waals surface area contributed by atoms with Crippen LogP contribution in [0.15, 0.2) is 267 Å². The maximum atomic E-state index is 2.31. The number of hydrogen-bond donors (Lipinski definition) is 0. The average Bonchev–Trinajstić information content (AvgIpc) is 4.31. The summed E-state index contributed by atoms with van der Waals surface area (Å²) in [6, 6.07) is 95.6. The van der Waals surface area contributed by atoms with Crippen molar-refractivity contribution in [1.82, 2.24) is 0 Å². The molecular weight excluding hydrogens is 1290 g/mol. The topological polar surface area (TPSA) is 0 Å². The first-order chi connectivity index (χ1) is 38.8. The van der Waals surface area contributed by atoms with Crippen LogP contribution in [0.3, 0.4) is 0 Å². The number of fused-ring (bicyclic) bond motifs is 6. The van der Waals surface area contributed by atoms with Crippen LogP contribution in [0.4, 0.5) is 0 Å². The number of rotatable bonds is 4. The van der Waals surface area contributed by atoms with Gasteiger partial charge in [0.2, 0.25) is 0 Å². The van der Waals surface area contributed by atoms with Crippen LogP contribution in [0.5, 0.6) is 0 Å². The van der Waals surface area contributed by atoms with E-state index >= 15 is 0 Å². The number of halogens is 4. The second kappa shape index (κ2) is 33.4. The van der Waals surface area contributed by atoms with Gasteiger partial charge in [-0.15, -0.1) is 188 Å². The second-order valence-electron chi connectivity index (χ2n) is 21.2. The fourth-order valence-electron chi connectivity index (χ4n) is 10.7. The van der Waals surface area contributed by atoms with E-state index in [0.29, 0.717) is 0 Å². The van der Waals surface area contributed by atoms with Crippen LogP contribution in [0.1, 0.15) is 22.3 Å². The van der Waals surface area contributed by atoms with E-state index in [0.717, 1.165) is 0 Å². The molecule has 0 radical (unpaired) electrons. The Kier molecular flexibility index (Phi) is 27.6. The summed E-state index contributed by atoms with van der Waals surface area (Å²) < 4.78 is 0. The molecule has 0 amide bonds. The molecule has 14 aromatic carbocycles. The van der Waals surface area contributed by atoms with Crippen LogP contribution >= 0.6 is 49.6 Å². The molecule has 0 atom stereocenters. The first-order valence-electron chi connectivity index (χ1n) is 27.6. The Bertz CT molecular complexity index is 4090. The molecule has 0 heterocycles. The van der Waals surface area contributed by atoms with E-state index in [-0.39, 0.29) is 60.5 Å². The van der Waals surface area contributed by atoms with E-state index in [9.17, 15) is 0 Å². The largest absolute Gasteiger partial charge is 0.165 e. The molecule has 14 rings (SSSR count). The molecular formula is C76H72Cl4Si2Zr2. The van der Waals surface area contributed by atoms with Gasteiger partial charge in [0.1, 0.15) is 0 Å². The summed E-state index contributed by atoms with van der Waals surface area (Å²) in [5.74, 6) is 0. The van der Waals surface area contributed by atoms with Crippen molar-refractivity contribution in [2.75, 3.05) is 0 Å². The van der Waals surface area contributed by atoms with Gasteiger partial charge in [0.05, 0.1) is 0 Å². The van der Waals surface area contributed by atoms with Crippen molar-refractivity contribution in [2.45, 2.75) is 53.9 Å². The van der Waals surface area contributed by atoms with E-state index in [1.54, 1.807) is 46.7 Å². The fourth-order valence-corrected chi connectivity index (χ4v) is 10.7. The normalized spacial score (nSPS) is 10.1. The summed E-state index contributed by atoms with van der Waals surface area (Å²) in [6.07, 6.45) is 0. The van der Waals surface area contributed by atoms with Gasteiger partial charge in [-0.25, -0.2) is 0 Å². The number of hydrogen-bond acceptors (Lipinski definition) is 0. The van der Waals surface area contributed by atoms with E-state index in [1.807, 2.05) is 0 Å². The Morgan fingerprint density at radius 2 is 0.464 bits per heavy atom. The van der Waals surface area contributed by atoms with Crippen LogP contribution in [0, 0.1) is 27.7 Å². The zero-order valence-electron chi connectivity index (χ0n) is 49.0. The third-order valence-electron chi connectivity index (χ3n) is 13.9. The van der Waals surface area contributed by atoms with Gasteiger partial charge in [-0.1, -0.05) is 220 Å². The molecule has 0 aromatic heterocycles. The van der Waals surface area contributed by atoms with Crippen LogP contribution in [-0.2, 0) is 46.7 Å². The molecule has 0 saturated heterocycles. The Morgan fingerprint density at radius 1 is 0.250 bits per heavy atom. The number of benzene rings is 10. The molecule has 0 nitrogen and oxygen atoms in total. The molecule has 0 saturated carbocycles. The van der Waals surface area contributed by atoms with Gasteiger partial charge in [-0.05, 0) is 43.8 Å². The quantitative estimate of drug-likeness (QED) is 0.122. The first kappa shape index (κ1) is 69.3. The molecule has 420 valence electrons. The molecule has 14 aromatic rings. The Balaban J connectivity index is 0.000000194. The smallest absolute Gasteiger partial charge is 0.0114 e. The molecule has 0 fully saturated rings. The zero-order valence-corrected chi connectivity index (χ0v) is 59.2. The Labute approximate surface area is 553 Å². The zero-order chi connectivity index (χ0) is 56.1. The minimum atomic E-state index is 0. The molecule has 0 unspecified atom stereocenters. The van der Waals surface area contributed by atoms with Crippen LogP contribution in [0.25, 0.3) is 109 Å². The summed E-state index contributed by atoms with van der Waals surface area (Å²) in [6.45, 7) is 17.8. The first-order valence-corrected chi connectivity index (χ1v) is 39.9. The van der Waals surface area contributed by atoms with Crippen molar-refractivity contribution in [3.05, 3.63) is 289 Å². The molecule has 84 heavy (non-hydrogen) atoms. The standard InChI is InChI=1S/2C20H15.2C16H13.2C2H6Si.4ClH.2Zr/c2*1-14-12-16-8-5-11-19(20(16)13-14)18-10-4-7-15-6-2-3-9-17(15)18;2*1-12-10-14-8-5-9-15(16(14)11-12)13-6-3-2-4-7-13;2*1-3-2;;;;;;/h2*2-13H,1H3;2*2-11H,1H3;2*1-2H3;4*1H;;/q4*-1;;;;;;;2*+2. The third-order valence-corrected chi connectivity index (χ3v) is 13.9. The Morgan fingerprint density at radius 3 is 0.762 bits per heavy atom. The average molecular weight is 1370 g/mol. The summed E-state index contributed by atoms with van der Waals surface area (Å²) in [4.78, 5) is 0. The second-order valence-corrected chi connectivity index (χ2v) is 39.9. The minimum absolute atomic E-state index is 0. The molecule has 8 heteroatoms. The molecule has 0 spiro atoms. The molecule has 0 aliphatic rings. The van der Waals surface area contributed by atoms with Gasteiger partial charge in [0.25, 0.3) is 0 Å². The SMILES string of the molecule is C[Si](C)=[Zr+2].C[Si](C)=[Zr+2].Cc1cc2c(-c3cccc4ccccc34)cccc2[cH-]1.Cc1cc2c(-c3cccc4ccccc34)cccc2[cH-]1.Cc1cc2c(-c3ccccc3)cccc2[cH-]1.Cc1cc2c(-c3ccccc3)cccc2[cH-]1.Cl.Cl.Cl.Cl. The monoisotopic (exact) mass is 1360 g/mol. The molecule has 0 aliphatic heterocycles. The molecule has 0 bridgehead atoms.